The van der Waals surface area contributed by atoms with Crippen LogP contribution in [0.1, 0.15) is 31.7 Å². The van der Waals surface area contributed by atoms with Crippen molar-refractivity contribution >= 4 is 0 Å². The summed E-state index contributed by atoms with van der Waals surface area (Å²) >= 11 is 0. The number of H-pyrrole nitrogens is 1. The van der Waals surface area contributed by atoms with Gasteiger partial charge in [0.05, 0.1) is 11.9 Å². The summed E-state index contributed by atoms with van der Waals surface area (Å²) in [4.78, 5) is 0. The molecule has 3 heteroatoms. The van der Waals surface area contributed by atoms with E-state index in [9.17, 15) is 0 Å². The van der Waals surface area contributed by atoms with Gasteiger partial charge in [0.25, 0.3) is 0 Å². The molecule has 1 aromatic heterocycles. The molecule has 1 fully saturated rings. The third-order valence-electron chi connectivity index (χ3n) is 4.25. The van der Waals surface area contributed by atoms with Gasteiger partial charge < -0.3 is 5.32 Å². The minimum absolute atomic E-state index is 0.604. The Labute approximate surface area is 114 Å². The Balaban J connectivity index is 1.67. The van der Waals surface area contributed by atoms with Gasteiger partial charge in [-0.25, -0.2) is 0 Å². The first kappa shape index (κ1) is 12.4. The van der Waals surface area contributed by atoms with Gasteiger partial charge in [-0.05, 0) is 31.2 Å². The maximum absolute atomic E-state index is 4.19. The predicted molar refractivity (Wildman–Crippen MR) is 77.7 cm³/mol. The number of nitrogens with one attached hydrogen (secondary N) is 2. The van der Waals surface area contributed by atoms with Gasteiger partial charge in [0, 0.05) is 18.2 Å². The molecule has 1 heterocycles. The molecule has 1 atom stereocenters. The fraction of sp³-hybridized carbons (Fsp3) is 0.438. The molecule has 2 N–H and O–H groups in total. The Bertz CT molecular complexity index is 514. The highest BCUT2D eigenvalue weighted by Crippen LogP contribution is 2.29. The number of hydrogen-bond acceptors (Lipinski definition) is 2. The third-order valence-corrected chi connectivity index (χ3v) is 4.25. The fourth-order valence-electron chi connectivity index (χ4n) is 2.68. The van der Waals surface area contributed by atoms with Crippen LogP contribution >= 0.6 is 0 Å². The number of rotatable bonds is 5. The van der Waals surface area contributed by atoms with Crippen molar-refractivity contribution in [2.75, 3.05) is 0 Å². The van der Waals surface area contributed by atoms with E-state index in [-0.39, 0.29) is 0 Å². The lowest BCUT2D eigenvalue weighted by molar-refractivity contribution is 0.240. The van der Waals surface area contributed by atoms with Gasteiger partial charge in [-0.3, -0.25) is 5.10 Å². The number of aromatic nitrogens is 2. The van der Waals surface area contributed by atoms with Crippen molar-refractivity contribution in [1.29, 1.82) is 0 Å². The summed E-state index contributed by atoms with van der Waals surface area (Å²) in [6.45, 7) is 3.19. The van der Waals surface area contributed by atoms with Crippen molar-refractivity contribution in [3.63, 3.8) is 0 Å². The quantitative estimate of drug-likeness (QED) is 0.860. The summed E-state index contributed by atoms with van der Waals surface area (Å²) in [5.74, 6) is 0.868. The Morgan fingerprint density at radius 2 is 2.11 bits per heavy atom. The summed E-state index contributed by atoms with van der Waals surface area (Å²) in [5.41, 5.74) is 3.58. The maximum Gasteiger partial charge on any atom is 0.0695 e. The largest absolute Gasteiger partial charge is 0.310 e. The van der Waals surface area contributed by atoms with Gasteiger partial charge in [0.15, 0.2) is 0 Å². The molecule has 3 nitrogen and oxygen atoms in total. The molecular weight excluding hydrogens is 234 g/mol. The Kier molecular flexibility index (Phi) is 3.65. The average molecular weight is 255 g/mol. The van der Waals surface area contributed by atoms with Crippen LogP contribution in [0.15, 0.2) is 36.5 Å². The molecular formula is C16H21N3. The second-order valence-electron chi connectivity index (χ2n) is 5.50. The van der Waals surface area contributed by atoms with E-state index < -0.39 is 0 Å². The highest BCUT2D eigenvalue weighted by Gasteiger charge is 2.23. The second kappa shape index (κ2) is 5.57. The van der Waals surface area contributed by atoms with E-state index in [2.05, 4.69) is 46.7 Å². The minimum atomic E-state index is 0.604. The van der Waals surface area contributed by atoms with E-state index in [1.165, 1.54) is 30.4 Å². The van der Waals surface area contributed by atoms with Gasteiger partial charge in [0.1, 0.15) is 0 Å². The smallest absolute Gasteiger partial charge is 0.0695 e. The van der Waals surface area contributed by atoms with Crippen molar-refractivity contribution < 1.29 is 0 Å². The van der Waals surface area contributed by atoms with Crippen molar-refractivity contribution in [3.8, 4) is 11.3 Å². The molecule has 0 spiro atoms. The zero-order chi connectivity index (χ0) is 13.1. The number of hydrogen-bond donors (Lipinski definition) is 2. The molecule has 100 valence electrons. The summed E-state index contributed by atoms with van der Waals surface area (Å²) in [6, 6.07) is 11.0. The molecule has 0 radical (unpaired) electrons. The highest BCUT2D eigenvalue weighted by atomic mass is 15.1. The van der Waals surface area contributed by atoms with E-state index >= 15 is 0 Å². The van der Waals surface area contributed by atoms with Crippen LogP contribution in [0.4, 0.5) is 0 Å². The Morgan fingerprint density at radius 3 is 2.79 bits per heavy atom. The van der Waals surface area contributed by atoms with Crippen LogP contribution in [0.3, 0.4) is 0 Å². The summed E-state index contributed by atoms with van der Waals surface area (Å²) in [5, 5.41) is 10.9. The van der Waals surface area contributed by atoms with E-state index in [0.717, 1.165) is 18.2 Å². The molecule has 3 rings (SSSR count). The molecule has 0 bridgehead atoms. The zero-order valence-corrected chi connectivity index (χ0v) is 11.4. The molecule has 0 aliphatic heterocycles. The Morgan fingerprint density at radius 1 is 1.32 bits per heavy atom. The van der Waals surface area contributed by atoms with Gasteiger partial charge in [-0.2, -0.15) is 5.10 Å². The van der Waals surface area contributed by atoms with Crippen LogP contribution in [0, 0.1) is 5.92 Å². The number of benzene rings is 1. The maximum atomic E-state index is 4.19. The topological polar surface area (TPSA) is 40.7 Å². The molecule has 2 aromatic rings. The van der Waals surface area contributed by atoms with E-state index in [1.54, 1.807) is 0 Å². The van der Waals surface area contributed by atoms with Crippen molar-refractivity contribution in [2.45, 2.75) is 38.8 Å². The summed E-state index contributed by atoms with van der Waals surface area (Å²) in [7, 11) is 0. The first-order valence-corrected chi connectivity index (χ1v) is 7.15. The first-order chi connectivity index (χ1) is 9.34. The predicted octanol–water partition coefficient (Wildman–Crippen LogP) is 3.35. The normalized spacial score (nSPS) is 17.1. The van der Waals surface area contributed by atoms with Crippen molar-refractivity contribution in [1.82, 2.24) is 15.5 Å². The van der Waals surface area contributed by atoms with Gasteiger partial charge in [0.2, 0.25) is 0 Å². The molecule has 1 unspecified atom stereocenters. The molecule has 1 aliphatic rings. The number of nitrogens with zero attached hydrogens (tertiary/aromatic N) is 1. The molecule has 0 amide bonds. The molecule has 1 aliphatic carbocycles. The molecule has 0 saturated heterocycles. The second-order valence-corrected chi connectivity index (χ2v) is 5.50. The molecule has 1 aromatic carbocycles. The monoisotopic (exact) mass is 255 g/mol. The van der Waals surface area contributed by atoms with Crippen LogP contribution in [0.5, 0.6) is 0 Å². The number of aromatic amines is 1. The van der Waals surface area contributed by atoms with Crippen molar-refractivity contribution in [2.24, 2.45) is 5.92 Å². The van der Waals surface area contributed by atoms with Crippen LogP contribution in [-0.4, -0.2) is 16.2 Å². The van der Waals surface area contributed by atoms with Crippen LogP contribution in [0.25, 0.3) is 11.3 Å². The van der Waals surface area contributed by atoms with Crippen LogP contribution < -0.4 is 5.32 Å². The van der Waals surface area contributed by atoms with Gasteiger partial charge >= 0.3 is 0 Å². The minimum Gasteiger partial charge on any atom is -0.310 e. The molecule has 1 saturated carbocycles. The van der Waals surface area contributed by atoms with E-state index in [4.69, 9.17) is 0 Å². The lowest BCUT2D eigenvalue weighted by atomic mass is 9.80. The standard InChI is InChI=1S/C16H21N3/c1-12(13-8-5-9-13)17-10-15-11-18-19-16(15)14-6-3-2-4-7-14/h2-4,6-7,11-13,17H,5,8-10H2,1H3,(H,18,19). The molecule has 19 heavy (non-hydrogen) atoms. The van der Waals surface area contributed by atoms with Crippen LogP contribution in [0.2, 0.25) is 0 Å². The fourth-order valence-corrected chi connectivity index (χ4v) is 2.68. The average Bonchev–Trinajstić information content (AvgIpc) is 2.83. The van der Waals surface area contributed by atoms with Crippen molar-refractivity contribution in [3.05, 3.63) is 42.1 Å². The van der Waals surface area contributed by atoms with E-state index in [1.807, 2.05) is 12.3 Å². The lowest BCUT2D eigenvalue weighted by Crippen LogP contribution is -2.36. The summed E-state index contributed by atoms with van der Waals surface area (Å²) < 4.78 is 0. The summed E-state index contributed by atoms with van der Waals surface area (Å²) in [6.07, 6.45) is 6.09. The SMILES string of the molecule is CC(NCc1cn[nH]c1-c1ccccc1)C1CCC1. The third kappa shape index (κ3) is 2.71. The zero-order valence-electron chi connectivity index (χ0n) is 11.4. The first-order valence-electron chi connectivity index (χ1n) is 7.15. The lowest BCUT2D eigenvalue weighted by Gasteiger charge is -2.32. The highest BCUT2D eigenvalue weighted by molar-refractivity contribution is 5.62. The van der Waals surface area contributed by atoms with Crippen LogP contribution in [-0.2, 0) is 6.54 Å². The van der Waals surface area contributed by atoms with Gasteiger partial charge in [-0.1, -0.05) is 36.8 Å². The van der Waals surface area contributed by atoms with Gasteiger partial charge in [-0.15, -0.1) is 0 Å². The Hall–Kier alpha value is -1.61. The van der Waals surface area contributed by atoms with E-state index in [0.29, 0.717) is 6.04 Å².